The maximum absolute atomic E-state index is 13.4. The van der Waals surface area contributed by atoms with Gasteiger partial charge in [-0.3, -0.25) is 9.10 Å². The number of sulfonamides is 1. The Bertz CT molecular complexity index is 1490. The first-order valence-electron chi connectivity index (χ1n) is 11.7. The number of ether oxygens (including phenoxy) is 1. The Balaban J connectivity index is 1.41. The number of anilines is 1. The first-order chi connectivity index (χ1) is 18.3. The highest BCUT2D eigenvalue weighted by atomic mass is 79.9. The molecule has 4 aromatic rings. The molecule has 0 radical (unpaired) electrons. The van der Waals surface area contributed by atoms with Gasteiger partial charge in [0.2, 0.25) is 0 Å². The van der Waals surface area contributed by atoms with Gasteiger partial charge in [0.1, 0.15) is 18.9 Å². The summed E-state index contributed by atoms with van der Waals surface area (Å²) in [5.41, 5.74) is 5.53. The van der Waals surface area contributed by atoms with Gasteiger partial charge in [0.05, 0.1) is 16.8 Å². The molecule has 0 saturated carbocycles. The summed E-state index contributed by atoms with van der Waals surface area (Å²) < 4.78 is 34.5. The fraction of sp³-hybridized carbons (Fsp3) is 0.103. The molecule has 9 heteroatoms. The Morgan fingerprint density at radius 1 is 0.921 bits per heavy atom. The van der Waals surface area contributed by atoms with Crippen molar-refractivity contribution in [2.75, 3.05) is 10.8 Å². The number of amides is 1. The van der Waals surface area contributed by atoms with Crippen LogP contribution in [0.1, 0.15) is 16.7 Å². The fourth-order valence-electron chi connectivity index (χ4n) is 3.50. The monoisotopic (exact) mass is 591 g/mol. The number of carbonyl (C=O) groups is 1. The van der Waals surface area contributed by atoms with E-state index in [-0.39, 0.29) is 4.90 Å². The van der Waals surface area contributed by atoms with Crippen LogP contribution in [-0.4, -0.2) is 27.1 Å². The Morgan fingerprint density at radius 2 is 1.58 bits per heavy atom. The minimum absolute atomic E-state index is 0.0943. The number of nitrogens with zero attached hydrogens (tertiary/aromatic N) is 2. The third kappa shape index (κ3) is 7.30. The number of carbonyl (C=O) groups excluding carboxylic acids is 1. The van der Waals surface area contributed by atoms with Gasteiger partial charge in [-0.15, -0.1) is 0 Å². The molecule has 4 aromatic carbocycles. The van der Waals surface area contributed by atoms with Gasteiger partial charge in [0.25, 0.3) is 15.9 Å². The molecular weight excluding hydrogens is 566 g/mol. The normalized spacial score (nSPS) is 11.3. The van der Waals surface area contributed by atoms with Crippen LogP contribution in [0.5, 0.6) is 5.75 Å². The predicted molar refractivity (Wildman–Crippen MR) is 153 cm³/mol. The molecule has 0 unspecified atom stereocenters. The molecule has 1 amide bonds. The van der Waals surface area contributed by atoms with E-state index in [2.05, 4.69) is 26.5 Å². The van der Waals surface area contributed by atoms with Gasteiger partial charge in [0.15, 0.2) is 0 Å². The molecule has 0 heterocycles. The van der Waals surface area contributed by atoms with E-state index in [9.17, 15) is 13.2 Å². The number of hydrogen-bond acceptors (Lipinski definition) is 5. The summed E-state index contributed by atoms with van der Waals surface area (Å²) in [4.78, 5) is 12.8. The lowest BCUT2D eigenvalue weighted by atomic mass is 10.2. The van der Waals surface area contributed by atoms with Gasteiger partial charge in [0, 0.05) is 4.47 Å². The summed E-state index contributed by atoms with van der Waals surface area (Å²) in [7, 11) is -3.99. The van der Waals surface area contributed by atoms with E-state index in [0.717, 1.165) is 25.5 Å². The fourth-order valence-corrected chi connectivity index (χ4v) is 5.18. The van der Waals surface area contributed by atoms with Crippen molar-refractivity contribution in [3.63, 3.8) is 0 Å². The Hall–Kier alpha value is -3.95. The second-order valence-corrected chi connectivity index (χ2v) is 11.2. The molecule has 38 heavy (non-hydrogen) atoms. The third-order valence-electron chi connectivity index (χ3n) is 5.54. The van der Waals surface area contributed by atoms with Crippen molar-refractivity contribution in [3.8, 4) is 5.75 Å². The Labute approximate surface area is 231 Å². The quantitative estimate of drug-likeness (QED) is 0.190. The van der Waals surface area contributed by atoms with E-state index in [4.69, 9.17) is 4.74 Å². The third-order valence-corrected chi connectivity index (χ3v) is 7.86. The standard InChI is InChI=1S/C29H26BrN3O4S/c1-22-7-17-28(18-8-22)38(35,36)33(26-13-11-25(30)12-14-26)20-29(34)32-31-19-23-9-15-27(16-10-23)37-21-24-5-3-2-4-6-24/h2-19H,20-21H2,1H3,(H,32,34)/b31-19-. The molecule has 194 valence electrons. The number of rotatable bonds is 10. The molecular formula is C29H26BrN3O4S. The van der Waals surface area contributed by atoms with Crippen LogP contribution in [0.2, 0.25) is 0 Å². The molecule has 0 aliphatic heterocycles. The van der Waals surface area contributed by atoms with Crippen LogP contribution < -0.4 is 14.5 Å². The van der Waals surface area contributed by atoms with Crippen molar-refractivity contribution in [2.24, 2.45) is 5.10 Å². The van der Waals surface area contributed by atoms with E-state index >= 15 is 0 Å². The van der Waals surface area contributed by atoms with Gasteiger partial charge in [-0.1, -0.05) is 64.0 Å². The molecule has 4 rings (SSSR count). The molecule has 0 aromatic heterocycles. The summed E-state index contributed by atoms with van der Waals surface area (Å²) in [6.07, 6.45) is 1.48. The first-order valence-corrected chi connectivity index (χ1v) is 14.0. The minimum Gasteiger partial charge on any atom is -0.489 e. The SMILES string of the molecule is Cc1ccc(S(=O)(=O)N(CC(=O)N/N=C\c2ccc(OCc3ccccc3)cc2)c2ccc(Br)cc2)cc1. The maximum atomic E-state index is 13.4. The van der Waals surface area contributed by atoms with Gasteiger partial charge in [-0.25, -0.2) is 13.8 Å². The van der Waals surface area contributed by atoms with Crippen LogP contribution in [0, 0.1) is 6.92 Å². The molecule has 7 nitrogen and oxygen atoms in total. The van der Waals surface area contributed by atoms with Crippen molar-refractivity contribution >= 4 is 43.8 Å². The number of nitrogens with one attached hydrogen (secondary N) is 1. The molecule has 0 aliphatic rings. The highest BCUT2D eigenvalue weighted by Crippen LogP contribution is 2.25. The van der Waals surface area contributed by atoms with Crippen LogP contribution in [0.4, 0.5) is 5.69 Å². The number of aryl methyl sites for hydroxylation is 1. The predicted octanol–water partition coefficient (Wildman–Crippen LogP) is 5.68. The zero-order valence-corrected chi connectivity index (χ0v) is 23.0. The van der Waals surface area contributed by atoms with Crippen molar-refractivity contribution in [1.82, 2.24) is 5.43 Å². The summed E-state index contributed by atoms with van der Waals surface area (Å²) in [6.45, 7) is 1.89. The average Bonchev–Trinajstić information content (AvgIpc) is 2.93. The zero-order valence-electron chi connectivity index (χ0n) is 20.6. The molecule has 0 bridgehead atoms. The van der Waals surface area contributed by atoms with Crippen molar-refractivity contribution in [3.05, 3.63) is 124 Å². The van der Waals surface area contributed by atoms with E-state index in [0.29, 0.717) is 18.0 Å². The number of halogens is 1. The van der Waals surface area contributed by atoms with E-state index < -0.39 is 22.5 Å². The topological polar surface area (TPSA) is 88.1 Å². The Morgan fingerprint density at radius 3 is 2.24 bits per heavy atom. The molecule has 0 spiro atoms. The molecule has 0 atom stereocenters. The molecule has 1 N–H and O–H groups in total. The lowest BCUT2D eigenvalue weighted by Crippen LogP contribution is -2.39. The lowest BCUT2D eigenvalue weighted by molar-refractivity contribution is -0.119. The van der Waals surface area contributed by atoms with Crippen LogP contribution in [0.25, 0.3) is 0 Å². The van der Waals surface area contributed by atoms with Crippen molar-refractivity contribution in [2.45, 2.75) is 18.4 Å². The minimum atomic E-state index is -3.99. The molecule has 0 fully saturated rings. The smallest absolute Gasteiger partial charge is 0.264 e. The zero-order chi connectivity index (χ0) is 27.0. The number of hydrogen-bond donors (Lipinski definition) is 1. The highest BCUT2D eigenvalue weighted by Gasteiger charge is 2.27. The van der Waals surface area contributed by atoms with E-state index in [1.165, 1.54) is 18.3 Å². The van der Waals surface area contributed by atoms with Gasteiger partial charge < -0.3 is 4.74 Å². The second kappa shape index (κ2) is 12.5. The van der Waals surface area contributed by atoms with Crippen LogP contribution in [0.3, 0.4) is 0 Å². The number of hydrazone groups is 1. The van der Waals surface area contributed by atoms with Gasteiger partial charge in [-0.2, -0.15) is 5.10 Å². The van der Waals surface area contributed by atoms with Crippen LogP contribution in [-0.2, 0) is 21.4 Å². The van der Waals surface area contributed by atoms with Gasteiger partial charge >= 0.3 is 0 Å². The summed E-state index contributed by atoms with van der Waals surface area (Å²) in [6, 6.07) is 30.3. The van der Waals surface area contributed by atoms with Crippen LogP contribution >= 0.6 is 15.9 Å². The lowest BCUT2D eigenvalue weighted by Gasteiger charge is -2.23. The van der Waals surface area contributed by atoms with E-state index in [1.54, 1.807) is 36.4 Å². The largest absolute Gasteiger partial charge is 0.489 e. The Kier molecular flexibility index (Phi) is 8.93. The maximum Gasteiger partial charge on any atom is 0.264 e. The van der Waals surface area contributed by atoms with Gasteiger partial charge in [-0.05, 0) is 78.7 Å². The molecule has 0 aliphatic carbocycles. The molecule has 0 saturated heterocycles. The summed E-state index contributed by atoms with van der Waals surface area (Å²) >= 11 is 3.35. The highest BCUT2D eigenvalue weighted by molar-refractivity contribution is 9.10. The van der Waals surface area contributed by atoms with E-state index in [1.807, 2.05) is 61.5 Å². The number of benzene rings is 4. The van der Waals surface area contributed by atoms with Crippen molar-refractivity contribution < 1.29 is 17.9 Å². The first kappa shape index (κ1) is 27.1. The summed E-state index contributed by atoms with van der Waals surface area (Å²) in [5, 5.41) is 4.00. The van der Waals surface area contributed by atoms with Crippen molar-refractivity contribution in [1.29, 1.82) is 0 Å². The average molecular weight is 593 g/mol. The summed E-state index contributed by atoms with van der Waals surface area (Å²) in [5.74, 6) is 0.129. The second-order valence-electron chi connectivity index (χ2n) is 8.44. The van der Waals surface area contributed by atoms with Crippen LogP contribution in [0.15, 0.2) is 118 Å².